The maximum atomic E-state index is 11.9. The third-order valence-corrected chi connectivity index (χ3v) is 3.87. The number of nitrogens with zero attached hydrogens (tertiary/aromatic N) is 1. The highest BCUT2D eigenvalue weighted by molar-refractivity contribution is 5.89. The molecule has 18 heavy (non-hydrogen) atoms. The summed E-state index contributed by atoms with van der Waals surface area (Å²) < 4.78 is 0. The van der Waals surface area contributed by atoms with E-state index in [-0.39, 0.29) is 30.7 Å². The van der Waals surface area contributed by atoms with Crippen molar-refractivity contribution < 1.29 is 14.7 Å². The minimum Gasteiger partial charge on any atom is -0.388 e. The van der Waals surface area contributed by atoms with E-state index in [1.807, 2.05) is 20.8 Å². The van der Waals surface area contributed by atoms with Crippen molar-refractivity contribution in [2.24, 2.45) is 5.92 Å². The van der Waals surface area contributed by atoms with Gasteiger partial charge in [0.1, 0.15) is 0 Å². The van der Waals surface area contributed by atoms with E-state index in [4.69, 9.17) is 0 Å². The predicted molar refractivity (Wildman–Crippen MR) is 68.9 cm³/mol. The van der Waals surface area contributed by atoms with E-state index in [9.17, 15) is 14.7 Å². The fourth-order valence-electron chi connectivity index (χ4n) is 2.15. The van der Waals surface area contributed by atoms with Gasteiger partial charge >= 0.3 is 0 Å². The van der Waals surface area contributed by atoms with Crippen LogP contribution in [-0.4, -0.2) is 47.1 Å². The lowest BCUT2D eigenvalue weighted by molar-refractivity contribution is -0.129. The van der Waals surface area contributed by atoms with Crippen molar-refractivity contribution in [2.75, 3.05) is 19.6 Å². The van der Waals surface area contributed by atoms with Gasteiger partial charge in [0.05, 0.1) is 11.5 Å². The van der Waals surface area contributed by atoms with Crippen LogP contribution in [0.25, 0.3) is 0 Å². The first kappa shape index (κ1) is 15.0. The molecule has 0 aromatic rings. The molecule has 2 N–H and O–H groups in total. The molecule has 0 spiro atoms. The number of hydrogen-bond donors (Lipinski definition) is 2. The number of rotatable bonds is 6. The number of nitrogens with one attached hydrogen (secondary N) is 1. The van der Waals surface area contributed by atoms with E-state index in [0.717, 1.165) is 0 Å². The summed E-state index contributed by atoms with van der Waals surface area (Å²) in [5.41, 5.74) is -0.831. The van der Waals surface area contributed by atoms with Gasteiger partial charge in [-0.25, -0.2) is 0 Å². The Balaban J connectivity index is 2.45. The summed E-state index contributed by atoms with van der Waals surface area (Å²) in [4.78, 5) is 25.2. The number of hydrogen-bond acceptors (Lipinski definition) is 3. The molecule has 0 aromatic carbocycles. The van der Waals surface area contributed by atoms with Crippen molar-refractivity contribution in [1.29, 1.82) is 0 Å². The third kappa shape index (κ3) is 3.45. The van der Waals surface area contributed by atoms with Gasteiger partial charge in [-0.05, 0) is 19.8 Å². The van der Waals surface area contributed by atoms with Gasteiger partial charge in [-0.3, -0.25) is 9.59 Å². The van der Waals surface area contributed by atoms with Crippen molar-refractivity contribution in [2.45, 2.75) is 45.6 Å². The van der Waals surface area contributed by atoms with Gasteiger partial charge in [0.25, 0.3) is 0 Å². The number of carbonyl (C=O) groups excluding carboxylic acids is 2. The minimum absolute atomic E-state index is 0.0406. The van der Waals surface area contributed by atoms with Crippen LogP contribution in [0.4, 0.5) is 0 Å². The van der Waals surface area contributed by atoms with Gasteiger partial charge in [-0.15, -0.1) is 0 Å². The number of carbonyl (C=O) groups is 2. The lowest BCUT2D eigenvalue weighted by Crippen LogP contribution is -2.44. The van der Waals surface area contributed by atoms with Gasteiger partial charge in [0.15, 0.2) is 0 Å². The second-order valence-electron chi connectivity index (χ2n) is 4.98. The average molecular weight is 256 g/mol. The molecule has 1 aliphatic heterocycles. The molecule has 0 aliphatic carbocycles. The normalized spacial score (nSPS) is 20.3. The highest BCUT2D eigenvalue weighted by atomic mass is 16.3. The van der Waals surface area contributed by atoms with Crippen LogP contribution in [-0.2, 0) is 9.59 Å². The molecule has 2 amide bonds. The van der Waals surface area contributed by atoms with Gasteiger partial charge < -0.3 is 15.3 Å². The summed E-state index contributed by atoms with van der Waals surface area (Å²) in [6, 6.07) is 0. The molecular formula is C13H24N2O3. The first-order valence-corrected chi connectivity index (χ1v) is 6.73. The Morgan fingerprint density at radius 2 is 2.06 bits per heavy atom. The van der Waals surface area contributed by atoms with Crippen LogP contribution in [0.15, 0.2) is 0 Å². The molecule has 1 saturated heterocycles. The Kier molecular flexibility index (Phi) is 5.14. The first-order valence-electron chi connectivity index (χ1n) is 6.73. The molecule has 0 radical (unpaired) electrons. The summed E-state index contributed by atoms with van der Waals surface area (Å²) in [5.74, 6) is -0.353. The van der Waals surface area contributed by atoms with Crippen molar-refractivity contribution in [3.63, 3.8) is 0 Å². The zero-order valence-electron chi connectivity index (χ0n) is 11.5. The van der Waals surface area contributed by atoms with Gasteiger partial charge in [-0.2, -0.15) is 0 Å². The monoisotopic (exact) mass is 256 g/mol. The first-order chi connectivity index (χ1) is 8.45. The van der Waals surface area contributed by atoms with Crippen LogP contribution in [0.3, 0.4) is 0 Å². The predicted octanol–water partition coefficient (Wildman–Crippen LogP) is 0.522. The Morgan fingerprint density at radius 3 is 2.50 bits per heavy atom. The third-order valence-electron chi connectivity index (χ3n) is 3.87. The second kappa shape index (κ2) is 6.18. The topological polar surface area (TPSA) is 69.6 Å². The zero-order chi connectivity index (χ0) is 13.8. The summed E-state index contributed by atoms with van der Waals surface area (Å²) in [5, 5.41) is 12.8. The largest absolute Gasteiger partial charge is 0.388 e. The average Bonchev–Trinajstić information content (AvgIpc) is 2.77. The molecule has 1 aliphatic rings. The lowest BCUT2D eigenvalue weighted by Gasteiger charge is -2.26. The molecule has 1 rings (SSSR count). The van der Waals surface area contributed by atoms with E-state index in [2.05, 4.69) is 5.32 Å². The molecule has 1 fully saturated rings. The van der Waals surface area contributed by atoms with Crippen LogP contribution in [0, 0.1) is 5.92 Å². The maximum Gasteiger partial charge on any atom is 0.225 e. The highest BCUT2D eigenvalue weighted by Crippen LogP contribution is 2.18. The second-order valence-corrected chi connectivity index (χ2v) is 4.98. The van der Waals surface area contributed by atoms with E-state index in [0.29, 0.717) is 25.9 Å². The van der Waals surface area contributed by atoms with Crippen LogP contribution >= 0.6 is 0 Å². The number of aliphatic hydroxyl groups is 1. The highest BCUT2D eigenvalue weighted by Gasteiger charge is 2.34. The number of amides is 2. The Labute approximate surface area is 109 Å². The van der Waals surface area contributed by atoms with Crippen molar-refractivity contribution >= 4 is 11.8 Å². The van der Waals surface area contributed by atoms with Crippen molar-refractivity contribution in [3.05, 3.63) is 0 Å². The van der Waals surface area contributed by atoms with E-state index < -0.39 is 5.60 Å². The van der Waals surface area contributed by atoms with E-state index in [1.165, 1.54) is 0 Å². The van der Waals surface area contributed by atoms with E-state index >= 15 is 0 Å². The summed E-state index contributed by atoms with van der Waals surface area (Å²) in [6.07, 6.45) is 1.50. The number of likely N-dealkylation sites (tertiary alicyclic amines) is 1. The van der Waals surface area contributed by atoms with Crippen molar-refractivity contribution in [3.8, 4) is 0 Å². The molecule has 104 valence electrons. The fourth-order valence-corrected chi connectivity index (χ4v) is 2.15. The zero-order valence-corrected chi connectivity index (χ0v) is 11.5. The van der Waals surface area contributed by atoms with Gasteiger partial charge in [-0.1, -0.05) is 13.8 Å². The Morgan fingerprint density at radius 1 is 1.44 bits per heavy atom. The molecule has 1 unspecified atom stereocenters. The molecule has 0 aromatic heterocycles. The van der Waals surface area contributed by atoms with E-state index in [1.54, 1.807) is 4.90 Å². The fraction of sp³-hybridized carbons (Fsp3) is 0.846. The van der Waals surface area contributed by atoms with Crippen LogP contribution in [0.5, 0.6) is 0 Å². The molecule has 1 heterocycles. The molecule has 1 atom stereocenters. The Bertz CT molecular complexity index is 313. The molecule has 0 saturated carbocycles. The molecule has 5 heteroatoms. The lowest BCUT2D eigenvalue weighted by atomic mass is 9.97. The smallest absolute Gasteiger partial charge is 0.225 e. The SMILES string of the molecule is CCN1CC(C(=O)NCC(O)(CC)CC)CC1=O. The quantitative estimate of drug-likeness (QED) is 0.728. The Hall–Kier alpha value is -1.10. The van der Waals surface area contributed by atoms with Gasteiger partial charge in [0, 0.05) is 26.1 Å². The van der Waals surface area contributed by atoms with Crippen LogP contribution in [0.1, 0.15) is 40.0 Å². The summed E-state index contributed by atoms with van der Waals surface area (Å²) in [7, 11) is 0. The molecular weight excluding hydrogens is 232 g/mol. The minimum atomic E-state index is -0.831. The van der Waals surface area contributed by atoms with Crippen molar-refractivity contribution in [1.82, 2.24) is 10.2 Å². The van der Waals surface area contributed by atoms with Crippen LogP contribution in [0.2, 0.25) is 0 Å². The maximum absolute atomic E-state index is 11.9. The molecule has 5 nitrogen and oxygen atoms in total. The summed E-state index contributed by atoms with van der Waals surface area (Å²) >= 11 is 0. The van der Waals surface area contributed by atoms with Crippen LogP contribution < -0.4 is 5.32 Å². The summed E-state index contributed by atoms with van der Waals surface area (Å²) in [6.45, 7) is 7.11. The van der Waals surface area contributed by atoms with Gasteiger partial charge in [0.2, 0.25) is 11.8 Å². The molecule has 0 bridgehead atoms. The standard InChI is InChI=1S/C13H24N2O3/c1-4-13(18,5-2)9-14-12(17)10-7-11(16)15(6-3)8-10/h10,18H,4-9H2,1-3H3,(H,14,17).